The molecular weight excluding hydrogens is 1600 g/mol. The number of furan rings is 1. The van der Waals surface area contributed by atoms with Gasteiger partial charge in [0.1, 0.15) is 41.7 Å². The highest BCUT2D eigenvalue weighted by Gasteiger charge is 1.95. The lowest BCUT2D eigenvalue weighted by Crippen LogP contribution is -2.22. The van der Waals surface area contributed by atoms with E-state index >= 15 is 0 Å². The molecule has 5 aliphatic rings. The van der Waals surface area contributed by atoms with Gasteiger partial charge in [0, 0.05) is 174 Å². The first-order chi connectivity index (χ1) is 58.9. The van der Waals surface area contributed by atoms with Crippen molar-refractivity contribution in [2.24, 2.45) is 15.2 Å². The van der Waals surface area contributed by atoms with Gasteiger partial charge in [0.15, 0.2) is 25.1 Å². The Morgan fingerprint density at radius 3 is 1.16 bits per heavy atom. The van der Waals surface area contributed by atoms with Gasteiger partial charge < -0.3 is 37.0 Å². The van der Waals surface area contributed by atoms with Crippen molar-refractivity contribution in [3.8, 4) is 0 Å². The normalized spacial score (nSPS) is 10.7. The summed E-state index contributed by atoms with van der Waals surface area (Å²) >= 11 is 7.62. The van der Waals surface area contributed by atoms with E-state index in [-0.39, 0.29) is 0 Å². The summed E-state index contributed by atoms with van der Waals surface area (Å²) in [5, 5.41) is 58.6. The maximum Gasteiger partial charge on any atom is 0.213 e. The molecule has 20 heterocycles. The number of benzene rings is 1. The number of nitrogens with one attached hydrogen (secondary N) is 1. The summed E-state index contributed by atoms with van der Waals surface area (Å²) in [6.45, 7) is 4.00. The number of thiophene rings is 1. The van der Waals surface area contributed by atoms with Crippen molar-refractivity contribution in [1.82, 2.24) is 105 Å². The van der Waals surface area contributed by atoms with Crippen LogP contribution < -0.4 is 4.73 Å². The Kier molecular flexibility index (Phi) is 84.0. The average molecular weight is 1690 g/mol. The van der Waals surface area contributed by atoms with Gasteiger partial charge in [-0.1, -0.05) is 101 Å². The van der Waals surface area contributed by atoms with Gasteiger partial charge in [0.05, 0.1) is 30.4 Å². The summed E-state index contributed by atoms with van der Waals surface area (Å²) in [5.74, 6) is 0. The first-order valence-corrected chi connectivity index (χ1v) is 39.6. The molecule has 17 aromatic rings. The third-order valence-corrected chi connectivity index (χ3v) is 13.2. The number of hydrogen-bond acceptors (Lipinski definition) is 36. The molecule has 1 aromatic carbocycles. The lowest BCUT2D eigenvalue weighted by atomic mass is 10.2. The Morgan fingerprint density at radius 2 is 0.966 bits per heavy atom. The zero-order chi connectivity index (χ0) is 83.6. The summed E-state index contributed by atoms with van der Waals surface area (Å²) in [6.07, 6.45) is 72.7. The second kappa shape index (κ2) is 97.2. The topological polar surface area (TPSA) is 422 Å². The van der Waals surface area contributed by atoms with Crippen molar-refractivity contribution in [3.05, 3.63) is 400 Å². The van der Waals surface area contributed by atoms with E-state index in [1.165, 1.54) is 136 Å². The summed E-state index contributed by atoms with van der Waals surface area (Å²) in [4.78, 5) is 36.7. The lowest BCUT2D eigenvalue weighted by molar-refractivity contribution is -0.605. The molecule has 33 nitrogen and oxygen atoms in total. The van der Waals surface area contributed by atoms with E-state index in [9.17, 15) is 5.21 Å². The Labute approximate surface area is 705 Å². The maximum atomic E-state index is 10.2. The predicted octanol–water partition coefficient (Wildman–Crippen LogP) is 17.7. The van der Waals surface area contributed by atoms with Crippen molar-refractivity contribution in [1.29, 1.82) is 0 Å². The van der Waals surface area contributed by atoms with E-state index in [1.54, 1.807) is 205 Å². The standard InChI is InChI=1S/C6H6.C5H5NO.C5H5N.C5H10O.C5H6.3C4H4N2.C4H5N.C4H8O.C4H4O.C4H4S.2C3H4N2.2C3H3NO.2C3H3NS.2C2H2N2O.2C2H2N2S/c1-2-4-6-5-3-1;7-6-4-2-1-3-5-6;2*1-2-4-6-5-3-1;1-2-4-5-3-1;1-2-6-4-3-5-1;1-2-5-4-6-3-1;1-2-4-6-5-3-1;6*1-2-4-5-3-1;1-2-5-3-4-1;1-2-4-5-3-1;1-2-5-3-4-1;1-2-4-5-3-1;1-3-4-2-5-1;1-3-2-5-4-1;1-3-4-2-5-1;1-3-2-5-4-1/h1-6H;1-5H;1-5H;1-5H2;1-4H,5H2;3*1-4H;1,3-4H,2H2;1-4H2;2*1-4H;2-3H,1H2;1-3H,(H,4,5);4*1-3H;4*1-2H. The minimum absolute atomic E-state index is 0.750. The molecule has 1 N–H and O–H groups in total. The van der Waals surface area contributed by atoms with E-state index in [4.69, 9.17) is 9.47 Å². The van der Waals surface area contributed by atoms with Gasteiger partial charge in [-0.2, -0.15) is 45.9 Å². The summed E-state index contributed by atoms with van der Waals surface area (Å²) in [5.41, 5.74) is 6.83. The quantitative estimate of drug-likeness (QED) is 0.109. The molecule has 0 atom stereocenters. The highest BCUT2D eigenvalue weighted by atomic mass is 32.1. The van der Waals surface area contributed by atoms with Crippen molar-refractivity contribution < 1.29 is 36.5 Å². The fourth-order valence-electron chi connectivity index (χ4n) is 5.89. The lowest BCUT2D eigenvalue weighted by Gasteiger charge is -2.08. The zero-order valence-electron chi connectivity index (χ0n) is 64.3. The van der Waals surface area contributed by atoms with Crippen molar-refractivity contribution in [2.75, 3.05) is 26.4 Å². The van der Waals surface area contributed by atoms with Crippen molar-refractivity contribution in [3.63, 3.8) is 0 Å². The van der Waals surface area contributed by atoms with Gasteiger partial charge in [-0.15, -0.1) is 43.1 Å². The molecule has 1 aliphatic carbocycles. The third-order valence-electron chi connectivity index (χ3n) is 10.7. The molecule has 616 valence electrons. The van der Waals surface area contributed by atoms with Crippen molar-refractivity contribution in [2.45, 2.75) is 51.4 Å². The molecule has 0 radical (unpaired) electrons. The number of oxazole rings is 1. The zero-order valence-corrected chi connectivity index (χ0v) is 68.4. The van der Waals surface area contributed by atoms with Gasteiger partial charge in [-0.05, 0) is 133 Å². The van der Waals surface area contributed by atoms with Crippen LogP contribution in [0.5, 0.6) is 0 Å². The second-order valence-corrected chi connectivity index (χ2v) is 23.0. The SMILES string of the molecule is C1=CCC=C1.C1=CN=CC1.C1=NN=CC1.C1CCOC1.C1CCOCC1.[O-][n+]1ccccc1.c1ccccc1.c1ccncc1.c1ccnnc1.c1ccoc1.c1ccsc1.c1cn[nH]c1.c1cnccn1.c1cncnc1.c1cnoc1.c1cnsc1.c1cocn1.c1cscn1.c1ncon1.c1ncsn1.c1nnco1.c1nncs1. The van der Waals surface area contributed by atoms with Gasteiger partial charge in [0.2, 0.25) is 19.2 Å². The van der Waals surface area contributed by atoms with E-state index in [2.05, 4.69) is 167 Å². The number of aromatic amines is 1. The molecule has 22 rings (SSSR count). The molecule has 16 aromatic heterocycles. The van der Waals surface area contributed by atoms with Crippen LogP contribution in [-0.2, 0) is 9.47 Å². The van der Waals surface area contributed by atoms with E-state index < -0.39 is 0 Å². The summed E-state index contributed by atoms with van der Waals surface area (Å²) in [6, 6.07) is 41.5. The Balaban J connectivity index is 0.000000618. The maximum absolute atomic E-state index is 10.2. The molecule has 0 spiro atoms. The Bertz CT molecular complexity index is 3260. The number of allylic oxidation sites excluding steroid dienone is 5. The van der Waals surface area contributed by atoms with Gasteiger partial charge in [-0.25, -0.2) is 29.3 Å². The van der Waals surface area contributed by atoms with E-state index in [0.29, 0.717) is 0 Å². The molecule has 2 saturated heterocycles. The van der Waals surface area contributed by atoms with E-state index in [0.717, 1.165) is 50.4 Å². The minimum atomic E-state index is 0.750. The van der Waals surface area contributed by atoms with Crippen LogP contribution in [-0.4, -0.2) is 150 Å². The summed E-state index contributed by atoms with van der Waals surface area (Å²) < 4.78 is 40.2. The summed E-state index contributed by atoms with van der Waals surface area (Å²) in [7, 11) is 0. The number of thiazole rings is 1. The number of nitrogens with zero attached hydrogens (tertiary/aromatic N) is 24. The molecule has 4 aliphatic heterocycles. The Morgan fingerprint density at radius 1 is 0.331 bits per heavy atom. The highest BCUT2D eigenvalue weighted by molar-refractivity contribution is 7.08. The molecule has 38 heteroatoms. The number of rotatable bonds is 0. The fraction of sp³-hybridized carbons (Fsp3) is 0.150. The van der Waals surface area contributed by atoms with Crippen LogP contribution in [0, 0.1) is 5.21 Å². The monoisotopic (exact) mass is 1690 g/mol. The fourth-order valence-corrected chi connectivity index (χ4v) is 7.59. The number of pyridine rings is 2. The van der Waals surface area contributed by atoms with Gasteiger partial charge >= 0.3 is 0 Å². The first kappa shape index (κ1) is 102. The van der Waals surface area contributed by atoms with Crippen molar-refractivity contribution >= 4 is 75.7 Å². The molecular formula is C80H93N25O8S5. The molecule has 0 saturated carbocycles. The number of ether oxygens (including phenoxy) is 2. The average Bonchev–Trinajstić information content (AvgIpc) is 1.28. The third kappa shape index (κ3) is 94.4. The molecule has 0 bridgehead atoms. The van der Waals surface area contributed by atoms with Crippen LogP contribution in [0.2, 0.25) is 0 Å². The minimum Gasteiger partial charge on any atom is -0.619 e. The van der Waals surface area contributed by atoms with Crippen LogP contribution >= 0.6 is 57.1 Å². The number of hydrogen-bond donors (Lipinski definition) is 1. The molecule has 2 fully saturated rings. The first-order valence-electron chi connectivity index (χ1n) is 35.1. The van der Waals surface area contributed by atoms with E-state index in [1.807, 2.05) is 137 Å². The molecule has 118 heavy (non-hydrogen) atoms. The largest absolute Gasteiger partial charge is 0.619 e. The van der Waals surface area contributed by atoms with Crippen LogP contribution in [0.1, 0.15) is 51.4 Å². The smallest absolute Gasteiger partial charge is 0.213 e. The van der Waals surface area contributed by atoms with Crippen LogP contribution in [0.25, 0.3) is 0 Å². The van der Waals surface area contributed by atoms with Gasteiger partial charge in [-0.3, -0.25) is 30.0 Å². The van der Waals surface area contributed by atoms with Gasteiger partial charge in [0.25, 0.3) is 0 Å². The number of aliphatic imine (C=N–C) groups is 1. The predicted molar refractivity (Wildman–Crippen MR) is 461 cm³/mol. The van der Waals surface area contributed by atoms with Crippen LogP contribution in [0.3, 0.4) is 0 Å². The van der Waals surface area contributed by atoms with Crippen LogP contribution in [0.4, 0.5) is 0 Å². The number of H-pyrrole nitrogens is 1. The molecule has 0 amide bonds. The molecule has 0 unspecified atom stereocenters. The Hall–Kier alpha value is -14.0. The number of aromatic nitrogens is 22. The van der Waals surface area contributed by atoms with Crippen LogP contribution in [0.15, 0.2) is 432 Å². The highest BCUT2D eigenvalue weighted by Crippen LogP contribution is 2.02. The second-order valence-electron chi connectivity index (χ2n) is 19.4.